The van der Waals surface area contributed by atoms with Crippen molar-refractivity contribution in [3.63, 3.8) is 0 Å². The number of carbonyl (C=O) groups is 2. The highest BCUT2D eigenvalue weighted by Crippen LogP contribution is 2.23. The lowest BCUT2D eigenvalue weighted by molar-refractivity contribution is -0.150. The number of methoxy groups -OCH3 is 1. The van der Waals surface area contributed by atoms with Crippen LogP contribution in [0.1, 0.15) is 43.6 Å². The summed E-state index contributed by atoms with van der Waals surface area (Å²) < 4.78 is 5.34. The Bertz CT molecular complexity index is 860. The van der Waals surface area contributed by atoms with Gasteiger partial charge >= 0.3 is 0 Å². The molecule has 1 aromatic carbocycles. The lowest BCUT2D eigenvalue weighted by Gasteiger charge is -2.31. The molecule has 2 heterocycles. The van der Waals surface area contributed by atoms with E-state index in [4.69, 9.17) is 4.74 Å². The van der Waals surface area contributed by atoms with E-state index >= 15 is 0 Å². The van der Waals surface area contributed by atoms with Gasteiger partial charge in [-0.3, -0.25) is 14.6 Å². The third-order valence-corrected chi connectivity index (χ3v) is 5.75. The van der Waals surface area contributed by atoms with Gasteiger partial charge in [-0.25, -0.2) is 0 Å². The lowest BCUT2D eigenvalue weighted by Crippen LogP contribution is -2.47. The molecule has 1 aliphatic rings. The minimum absolute atomic E-state index is 0.000324. The van der Waals surface area contributed by atoms with Crippen molar-refractivity contribution in [2.24, 2.45) is 0 Å². The van der Waals surface area contributed by atoms with Gasteiger partial charge in [0.05, 0.1) is 0 Å². The number of aromatic nitrogens is 1. The molecule has 2 amide bonds. The summed E-state index contributed by atoms with van der Waals surface area (Å²) in [6.07, 6.45) is 4.16. The first-order valence-electron chi connectivity index (χ1n) is 9.80. The maximum Gasteiger partial charge on any atom is 0.273 e. The second-order valence-corrected chi connectivity index (χ2v) is 7.89. The van der Waals surface area contributed by atoms with Gasteiger partial charge in [-0.1, -0.05) is 24.3 Å². The fourth-order valence-corrected chi connectivity index (χ4v) is 3.76. The van der Waals surface area contributed by atoms with Crippen molar-refractivity contribution < 1.29 is 14.3 Å². The van der Waals surface area contributed by atoms with E-state index in [2.05, 4.69) is 4.98 Å². The molecule has 6 heteroatoms. The summed E-state index contributed by atoms with van der Waals surface area (Å²) >= 11 is 0. The molecule has 1 aromatic heterocycles. The zero-order chi connectivity index (χ0) is 20.3. The molecule has 2 aromatic rings. The van der Waals surface area contributed by atoms with Gasteiger partial charge in [0, 0.05) is 44.9 Å². The molecule has 0 saturated carbocycles. The number of benzene rings is 1. The first kappa shape index (κ1) is 20.3. The number of rotatable bonds is 4. The van der Waals surface area contributed by atoms with Gasteiger partial charge in [0.25, 0.3) is 11.8 Å². The smallest absolute Gasteiger partial charge is 0.273 e. The zero-order valence-electron chi connectivity index (χ0n) is 17.1. The second-order valence-electron chi connectivity index (χ2n) is 7.89. The predicted octanol–water partition coefficient (Wildman–Crippen LogP) is 3.11. The van der Waals surface area contributed by atoms with Gasteiger partial charge in [-0.15, -0.1) is 0 Å². The van der Waals surface area contributed by atoms with E-state index in [0.29, 0.717) is 18.8 Å². The van der Waals surface area contributed by atoms with Crippen LogP contribution in [0.15, 0.2) is 36.5 Å². The van der Waals surface area contributed by atoms with Crippen molar-refractivity contribution in [1.82, 2.24) is 14.8 Å². The highest BCUT2D eigenvalue weighted by Gasteiger charge is 2.34. The molecule has 1 fully saturated rings. The van der Waals surface area contributed by atoms with E-state index in [1.165, 1.54) is 0 Å². The van der Waals surface area contributed by atoms with Crippen molar-refractivity contribution in [2.75, 3.05) is 27.2 Å². The normalized spacial score (nSPS) is 18.0. The molecular formula is C22H29N3O3. The molecule has 0 radical (unpaired) electrons. The molecule has 0 N–H and O–H groups in total. The number of hydrogen-bond donors (Lipinski definition) is 0. The Hall–Kier alpha value is -2.47. The number of fused-ring (bicyclic) bond motifs is 1. The van der Waals surface area contributed by atoms with E-state index in [-0.39, 0.29) is 17.9 Å². The fraction of sp³-hybridized carbons (Fsp3) is 0.500. The van der Waals surface area contributed by atoms with Gasteiger partial charge in [0.1, 0.15) is 11.3 Å². The minimum atomic E-state index is -0.825. The van der Waals surface area contributed by atoms with E-state index in [1.807, 2.05) is 42.3 Å². The molecule has 6 nitrogen and oxygen atoms in total. The number of ether oxygens (including phenoxy) is 1. The predicted molar refractivity (Wildman–Crippen MR) is 109 cm³/mol. The molecule has 3 rings (SSSR count). The van der Waals surface area contributed by atoms with Crippen LogP contribution < -0.4 is 0 Å². The van der Waals surface area contributed by atoms with Crippen molar-refractivity contribution in [3.8, 4) is 0 Å². The van der Waals surface area contributed by atoms with E-state index in [1.54, 1.807) is 32.1 Å². The third kappa shape index (κ3) is 4.02. The standard InChI is InChI=1S/C22H29N3O3/c1-22(2,28-4)21(27)25-14-7-9-17(12-15-25)24(3)20(26)19-18-10-6-5-8-16(18)11-13-23-19/h5-6,8,10-11,13,17H,7,9,12,14-15H2,1-4H3/t17-/m1/s1. The number of nitrogens with zero attached hydrogens (tertiary/aromatic N) is 3. The summed E-state index contributed by atoms with van der Waals surface area (Å²) in [5.41, 5.74) is -0.340. The van der Waals surface area contributed by atoms with Crippen LogP contribution in [0.3, 0.4) is 0 Å². The molecule has 28 heavy (non-hydrogen) atoms. The van der Waals surface area contributed by atoms with Crippen molar-refractivity contribution in [1.29, 1.82) is 0 Å². The first-order valence-corrected chi connectivity index (χ1v) is 9.80. The SMILES string of the molecule is COC(C)(C)C(=O)N1CCC[C@@H](N(C)C(=O)c2nccc3ccccc23)CC1. The molecule has 0 aliphatic carbocycles. The Kier molecular flexibility index (Phi) is 5.98. The van der Waals surface area contributed by atoms with E-state index in [9.17, 15) is 9.59 Å². The Morgan fingerprint density at radius 3 is 2.68 bits per heavy atom. The highest BCUT2D eigenvalue weighted by molar-refractivity contribution is 6.05. The summed E-state index contributed by atoms with van der Waals surface area (Å²) in [6.45, 7) is 4.90. The topological polar surface area (TPSA) is 62.7 Å². The van der Waals surface area contributed by atoms with Crippen molar-refractivity contribution in [3.05, 3.63) is 42.2 Å². The van der Waals surface area contributed by atoms with Gasteiger partial charge in [0.15, 0.2) is 0 Å². The zero-order valence-corrected chi connectivity index (χ0v) is 17.1. The molecule has 150 valence electrons. The van der Waals surface area contributed by atoms with Crippen molar-refractivity contribution >= 4 is 22.6 Å². The Morgan fingerprint density at radius 2 is 1.93 bits per heavy atom. The van der Waals surface area contributed by atoms with Crippen LogP contribution in [0, 0.1) is 0 Å². The van der Waals surface area contributed by atoms with Crippen LogP contribution in [-0.4, -0.2) is 65.5 Å². The molecule has 0 bridgehead atoms. The van der Waals surface area contributed by atoms with Crippen LogP contribution >= 0.6 is 0 Å². The van der Waals surface area contributed by atoms with E-state index < -0.39 is 5.60 Å². The van der Waals surface area contributed by atoms with Crippen LogP contribution in [0.4, 0.5) is 0 Å². The molecule has 1 atom stereocenters. The monoisotopic (exact) mass is 383 g/mol. The van der Waals surface area contributed by atoms with Crippen LogP contribution in [0.25, 0.3) is 10.8 Å². The summed E-state index contributed by atoms with van der Waals surface area (Å²) in [5.74, 6) is -0.0702. The average Bonchev–Trinajstić information content (AvgIpc) is 2.97. The highest BCUT2D eigenvalue weighted by atomic mass is 16.5. The second kappa shape index (κ2) is 8.27. The van der Waals surface area contributed by atoms with Crippen LogP contribution in [0.2, 0.25) is 0 Å². The molecule has 0 unspecified atom stereocenters. The van der Waals surface area contributed by atoms with Gasteiger partial charge in [0.2, 0.25) is 0 Å². The summed E-state index contributed by atoms with van der Waals surface area (Å²) in [4.78, 5) is 33.9. The third-order valence-electron chi connectivity index (χ3n) is 5.75. The van der Waals surface area contributed by atoms with Gasteiger partial charge in [-0.2, -0.15) is 0 Å². The fourth-order valence-electron chi connectivity index (χ4n) is 3.76. The number of pyridine rings is 1. The maximum atomic E-state index is 13.2. The number of hydrogen-bond acceptors (Lipinski definition) is 4. The summed E-state index contributed by atoms with van der Waals surface area (Å²) in [6, 6.07) is 9.80. The molecule has 1 saturated heterocycles. The minimum Gasteiger partial charge on any atom is -0.369 e. The molecular weight excluding hydrogens is 354 g/mol. The molecule has 0 spiro atoms. The van der Waals surface area contributed by atoms with Gasteiger partial charge in [-0.05, 0) is 44.6 Å². The summed E-state index contributed by atoms with van der Waals surface area (Å²) in [5, 5.41) is 1.88. The van der Waals surface area contributed by atoms with Gasteiger partial charge < -0.3 is 14.5 Å². The van der Waals surface area contributed by atoms with Crippen molar-refractivity contribution in [2.45, 2.75) is 44.8 Å². The Labute approximate surface area is 166 Å². The molecule has 1 aliphatic heterocycles. The van der Waals surface area contributed by atoms with Crippen LogP contribution in [0.5, 0.6) is 0 Å². The Morgan fingerprint density at radius 1 is 1.18 bits per heavy atom. The summed E-state index contributed by atoms with van der Waals surface area (Å²) in [7, 11) is 3.40. The maximum absolute atomic E-state index is 13.2. The average molecular weight is 383 g/mol. The number of carbonyl (C=O) groups excluding carboxylic acids is 2. The number of amides is 2. The van der Waals surface area contributed by atoms with E-state index in [0.717, 1.165) is 30.0 Å². The quantitative estimate of drug-likeness (QED) is 0.814. The lowest BCUT2D eigenvalue weighted by atomic mass is 10.1. The Balaban J connectivity index is 1.73. The number of likely N-dealkylation sites (tertiary alicyclic amines) is 1. The largest absolute Gasteiger partial charge is 0.369 e. The first-order chi connectivity index (χ1) is 13.3. The van der Waals surface area contributed by atoms with Crippen LogP contribution in [-0.2, 0) is 9.53 Å².